The van der Waals surface area contributed by atoms with Crippen LogP contribution in [0.4, 0.5) is 5.69 Å². The van der Waals surface area contributed by atoms with Gasteiger partial charge in [0.25, 0.3) is 23.6 Å². The molecule has 0 aliphatic heterocycles. The molecule has 0 aliphatic carbocycles. The number of rotatable bonds is 14. The molecule has 0 bridgehead atoms. The summed E-state index contributed by atoms with van der Waals surface area (Å²) in [5, 5.41) is 12.9. The highest BCUT2D eigenvalue weighted by atomic mass is 35.5. The number of nitrogens with two attached hydrogens (primary N) is 4. The van der Waals surface area contributed by atoms with Gasteiger partial charge in [0.15, 0.2) is 0 Å². The number of Topliss-reactive ketones (excluding diaryl/α,β-unsaturated/α-hetero) is 1. The van der Waals surface area contributed by atoms with E-state index in [0.29, 0.717) is 16.1 Å². The molecule has 0 radical (unpaired) electrons. The fraction of sp³-hybridized carbons (Fsp3) is 0.0833. The van der Waals surface area contributed by atoms with Crippen molar-refractivity contribution < 1.29 is 38.0 Å². The number of aromatic nitrogens is 2. The lowest BCUT2D eigenvalue weighted by atomic mass is 9.87. The maximum absolute atomic E-state index is 13.8. The number of anilines is 1. The van der Waals surface area contributed by atoms with Gasteiger partial charge in [0.05, 0.1) is 33.5 Å². The molecular weight excluding hydrogens is 708 g/mol. The number of ketones is 1. The highest BCUT2D eigenvalue weighted by molar-refractivity contribution is 6.31. The van der Waals surface area contributed by atoms with E-state index in [1.54, 1.807) is 66.7 Å². The second-order valence-corrected chi connectivity index (χ2v) is 11.7. The van der Waals surface area contributed by atoms with Gasteiger partial charge in [-0.1, -0.05) is 54.1 Å². The van der Waals surface area contributed by atoms with Crippen LogP contribution in [0.5, 0.6) is 0 Å². The minimum atomic E-state index is -1.46. The number of hydrogen-bond donors (Lipinski definition) is 6. The first-order valence-corrected chi connectivity index (χ1v) is 16.0. The Morgan fingerprint density at radius 2 is 1.21 bits per heavy atom. The first kappa shape index (κ1) is 37.1. The number of halogens is 1. The fourth-order valence-corrected chi connectivity index (χ4v) is 5.63. The molecule has 1 aromatic heterocycles. The molecule has 0 unspecified atom stereocenters. The molecule has 1 heterocycles. The molecule has 0 spiro atoms. The second-order valence-electron chi connectivity index (χ2n) is 11.3. The fourth-order valence-electron chi connectivity index (χ4n) is 5.43. The van der Waals surface area contributed by atoms with Crippen LogP contribution in [0.15, 0.2) is 83.3 Å². The number of benzene rings is 4. The van der Waals surface area contributed by atoms with E-state index in [1.807, 2.05) is 0 Å². The van der Waals surface area contributed by atoms with E-state index in [-0.39, 0.29) is 36.7 Å². The molecule has 17 heteroatoms. The Morgan fingerprint density at radius 3 is 1.81 bits per heavy atom. The lowest BCUT2D eigenvalue weighted by molar-refractivity contribution is 0.0915. The molecule has 0 atom stereocenters. The summed E-state index contributed by atoms with van der Waals surface area (Å²) in [5.41, 5.74) is 19.0. The summed E-state index contributed by atoms with van der Waals surface area (Å²) < 4.78 is 5.46. The van der Waals surface area contributed by atoms with E-state index in [4.69, 9.17) is 39.0 Å². The van der Waals surface area contributed by atoms with Crippen LogP contribution in [0, 0.1) is 0 Å². The minimum Gasteiger partial charge on any atom is -0.414 e. The van der Waals surface area contributed by atoms with Gasteiger partial charge in [-0.25, -0.2) is 0 Å². The number of nitrogens with zero attached hydrogens (tertiary/aromatic N) is 2. The van der Waals surface area contributed by atoms with Crippen molar-refractivity contribution >= 4 is 58.5 Å². The first-order valence-electron chi connectivity index (χ1n) is 15.6. The summed E-state index contributed by atoms with van der Waals surface area (Å²) in [6.07, 6.45) is -0.196. The number of carbonyl (C=O) groups is 7. The molecule has 5 rings (SSSR count). The average molecular weight is 737 g/mol. The van der Waals surface area contributed by atoms with Crippen LogP contribution in [-0.4, -0.2) is 58.0 Å². The van der Waals surface area contributed by atoms with Gasteiger partial charge < -0.3 is 38.0 Å². The summed E-state index contributed by atoms with van der Waals surface area (Å²) >= 11 is 6.09. The van der Waals surface area contributed by atoms with Crippen molar-refractivity contribution in [2.45, 2.75) is 12.8 Å². The van der Waals surface area contributed by atoms with Crippen LogP contribution in [-0.2, 0) is 0 Å². The van der Waals surface area contributed by atoms with E-state index in [1.165, 1.54) is 12.1 Å². The third kappa shape index (κ3) is 8.08. The van der Waals surface area contributed by atoms with E-state index in [2.05, 4.69) is 20.8 Å². The second kappa shape index (κ2) is 15.8. The maximum Gasteiger partial charge on any atom is 0.284 e. The van der Waals surface area contributed by atoms with Crippen molar-refractivity contribution in [3.8, 4) is 22.6 Å². The molecular formula is C36H29ClN8O8. The van der Waals surface area contributed by atoms with Crippen LogP contribution in [0.1, 0.15) is 85.7 Å². The Morgan fingerprint density at radius 1 is 0.623 bits per heavy atom. The van der Waals surface area contributed by atoms with Crippen molar-refractivity contribution in [1.82, 2.24) is 15.5 Å². The summed E-state index contributed by atoms with van der Waals surface area (Å²) in [6, 6.07) is 21.7. The quantitative estimate of drug-likeness (QED) is 0.0715. The first-order chi connectivity index (χ1) is 25.3. The summed E-state index contributed by atoms with van der Waals surface area (Å²) in [7, 11) is 0. The monoisotopic (exact) mass is 736 g/mol. The number of nitrogens with one attached hydrogen (secondary N) is 2. The third-order valence-electron chi connectivity index (χ3n) is 7.81. The topological polar surface area (TPSA) is 287 Å². The zero-order valence-electron chi connectivity index (χ0n) is 27.5. The zero-order chi connectivity index (χ0) is 38.4. The van der Waals surface area contributed by atoms with Crippen LogP contribution in [0.25, 0.3) is 22.6 Å². The van der Waals surface area contributed by atoms with E-state index >= 15 is 0 Å². The van der Waals surface area contributed by atoms with E-state index in [0.717, 1.165) is 5.56 Å². The third-order valence-corrected chi connectivity index (χ3v) is 8.04. The molecule has 5 aromatic rings. The molecule has 10 N–H and O–H groups in total. The van der Waals surface area contributed by atoms with Gasteiger partial charge >= 0.3 is 0 Å². The predicted molar refractivity (Wildman–Crippen MR) is 191 cm³/mol. The molecule has 268 valence electrons. The van der Waals surface area contributed by atoms with Crippen molar-refractivity contribution in [2.75, 3.05) is 11.9 Å². The number of carbonyl (C=O) groups excluding carboxylic acids is 7. The molecule has 0 aliphatic rings. The van der Waals surface area contributed by atoms with Crippen LogP contribution in [0.2, 0.25) is 5.02 Å². The van der Waals surface area contributed by atoms with Crippen LogP contribution < -0.4 is 33.6 Å². The Bertz CT molecular complexity index is 2310. The summed E-state index contributed by atoms with van der Waals surface area (Å²) in [5.74, 6) is -8.54. The largest absolute Gasteiger partial charge is 0.414 e. The van der Waals surface area contributed by atoms with Crippen molar-refractivity contribution in [3.05, 3.63) is 123 Å². The van der Waals surface area contributed by atoms with Gasteiger partial charge in [-0.05, 0) is 53.9 Å². The smallest absolute Gasteiger partial charge is 0.284 e. The normalized spacial score (nSPS) is 10.7. The summed E-state index contributed by atoms with van der Waals surface area (Å²) in [4.78, 5) is 91.2. The zero-order valence-corrected chi connectivity index (χ0v) is 28.2. The predicted octanol–water partition coefficient (Wildman–Crippen LogP) is 3.10. The van der Waals surface area contributed by atoms with Gasteiger partial charge in [-0.3, -0.25) is 33.6 Å². The van der Waals surface area contributed by atoms with Crippen molar-refractivity contribution in [1.29, 1.82) is 0 Å². The molecule has 16 nitrogen and oxygen atoms in total. The molecule has 0 saturated heterocycles. The molecule has 6 amide bonds. The lowest BCUT2D eigenvalue weighted by Crippen LogP contribution is -2.36. The Hall–Kier alpha value is -7.20. The maximum atomic E-state index is 13.8. The molecule has 4 aromatic carbocycles. The van der Waals surface area contributed by atoms with E-state index < -0.39 is 74.7 Å². The van der Waals surface area contributed by atoms with Crippen molar-refractivity contribution in [2.24, 2.45) is 22.9 Å². The van der Waals surface area contributed by atoms with Gasteiger partial charge in [0.1, 0.15) is 0 Å². The molecule has 53 heavy (non-hydrogen) atoms. The molecule has 0 fully saturated rings. The Labute approximate surface area is 304 Å². The van der Waals surface area contributed by atoms with Gasteiger partial charge in [0.2, 0.25) is 29.4 Å². The van der Waals surface area contributed by atoms with Gasteiger partial charge in [-0.15, -0.1) is 10.2 Å². The average Bonchev–Trinajstić information content (AvgIpc) is 3.63. The number of primary amides is 4. The molecule has 0 saturated carbocycles. The van der Waals surface area contributed by atoms with Crippen molar-refractivity contribution in [3.63, 3.8) is 0 Å². The number of hydrogen-bond acceptors (Lipinski definition) is 10. The Balaban J connectivity index is 1.47. The summed E-state index contributed by atoms with van der Waals surface area (Å²) in [6.45, 7) is -0.240. The number of amides is 6. The standard InChI is InChI=1S/C36H29ClN8O8/c37-21-9-4-8-20(16-21)17-11-13-18(14-12-17)33(51)43-28-26(32(41)50)24(30(39)48)23(29(38)47)25(31(40)49)27(28)34(52)42-15-5-10-22(46)36-45-44-35(53-36)19-6-2-1-3-7-19/h1-4,6-9,11-14,16H,5,10,15H2,(H2,38,47)(H2,39,48)(H2,40,49)(H2,41,50)(H,42,52)(H,43,51). The van der Waals surface area contributed by atoms with Gasteiger partial charge in [-0.2, -0.15) is 0 Å². The van der Waals surface area contributed by atoms with E-state index in [9.17, 15) is 33.6 Å². The van der Waals surface area contributed by atoms with Gasteiger partial charge in [0, 0.05) is 29.1 Å². The highest BCUT2D eigenvalue weighted by Crippen LogP contribution is 2.34. The SMILES string of the molecule is NC(=O)c1c(NC(=O)c2ccc(-c3cccc(Cl)c3)cc2)c(C(=O)NCCCC(=O)c2nnc(-c3ccccc3)o2)c(C(N)=O)c(C(N)=O)c1C(N)=O. The minimum absolute atomic E-state index is 0.00672. The Kier molecular flexibility index (Phi) is 11.0. The van der Waals surface area contributed by atoms with Crippen LogP contribution >= 0.6 is 11.6 Å². The van der Waals surface area contributed by atoms with Crippen LogP contribution in [0.3, 0.4) is 0 Å². The lowest BCUT2D eigenvalue weighted by Gasteiger charge is -2.22. The highest BCUT2D eigenvalue weighted by Gasteiger charge is 2.36.